The molecule has 0 amide bonds. The lowest BCUT2D eigenvalue weighted by molar-refractivity contribution is 0.157. The Balaban J connectivity index is 2.52. The van der Waals surface area contributed by atoms with Crippen LogP contribution in [0.2, 0.25) is 0 Å². The molecule has 1 aromatic rings. The molecule has 0 aromatic carbocycles. The topological polar surface area (TPSA) is 70.8 Å². The second kappa shape index (κ2) is 5.74. The molecular formula is C15H25NO4S. The summed E-state index contributed by atoms with van der Waals surface area (Å²) in [5.41, 5.74) is 0.380. The summed E-state index contributed by atoms with van der Waals surface area (Å²) >= 11 is 0. The number of hydrogen-bond donors (Lipinski definition) is 1. The van der Waals surface area contributed by atoms with Crippen molar-refractivity contribution >= 4 is 10.0 Å². The molecule has 2 rings (SSSR count). The van der Waals surface area contributed by atoms with Crippen LogP contribution in [-0.2, 0) is 16.6 Å². The van der Waals surface area contributed by atoms with Crippen LogP contribution >= 0.6 is 0 Å². The zero-order valence-electron chi connectivity index (χ0n) is 13.4. The second-order valence-corrected chi connectivity index (χ2v) is 8.14. The zero-order chi connectivity index (χ0) is 15.9. The highest BCUT2D eigenvalue weighted by Gasteiger charge is 2.40. The van der Waals surface area contributed by atoms with Crippen molar-refractivity contribution in [2.45, 2.75) is 58.6 Å². The number of aliphatic hydroxyl groups is 1. The van der Waals surface area contributed by atoms with E-state index < -0.39 is 10.0 Å². The first-order chi connectivity index (χ1) is 9.70. The molecule has 0 saturated carbocycles. The molecule has 0 bridgehead atoms. The molecule has 5 nitrogen and oxygen atoms in total. The summed E-state index contributed by atoms with van der Waals surface area (Å²) in [6.45, 7) is 9.63. The van der Waals surface area contributed by atoms with Gasteiger partial charge in [-0.1, -0.05) is 13.8 Å². The standard InChI is InChI=1S/C15H25NO4S/c1-9-6-10(2)11(3)16(7-9)21(18,19)15-13(5)20-12(4)14(15)8-17/h9-11,17H,6-8H2,1-5H3. The van der Waals surface area contributed by atoms with Crippen LogP contribution in [0.4, 0.5) is 0 Å². The number of sulfonamides is 1. The van der Waals surface area contributed by atoms with E-state index in [-0.39, 0.29) is 17.5 Å². The van der Waals surface area contributed by atoms with Crippen molar-refractivity contribution in [3.05, 3.63) is 17.1 Å². The second-order valence-electron chi connectivity index (χ2n) is 6.31. The zero-order valence-corrected chi connectivity index (χ0v) is 14.2. The van der Waals surface area contributed by atoms with Crippen LogP contribution in [0, 0.1) is 25.7 Å². The monoisotopic (exact) mass is 315 g/mol. The molecule has 1 aliphatic rings. The number of piperidine rings is 1. The molecule has 0 radical (unpaired) electrons. The first-order valence-electron chi connectivity index (χ1n) is 7.41. The average molecular weight is 315 g/mol. The molecule has 0 spiro atoms. The number of hydrogen-bond acceptors (Lipinski definition) is 4. The maximum absolute atomic E-state index is 13.1. The largest absolute Gasteiger partial charge is 0.465 e. The molecule has 1 saturated heterocycles. The van der Waals surface area contributed by atoms with Gasteiger partial charge in [-0.05, 0) is 39.0 Å². The van der Waals surface area contributed by atoms with Gasteiger partial charge in [-0.15, -0.1) is 0 Å². The van der Waals surface area contributed by atoms with Crippen molar-refractivity contribution < 1.29 is 17.9 Å². The quantitative estimate of drug-likeness (QED) is 0.930. The highest BCUT2D eigenvalue weighted by molar-refractivity contribution is 7.89. The molecular weight excluding hydrogens is 290 g/mol. The third-order valence-electron chi connectivity index (χ3n) is 4.59. The van der Waals surface area contributed by atoms with Crippen molar-refractivity contribution in [3.63, 3.8) is 0 Å². The Hall–Kier alpha value is -0.850. The number of nitrogens with zero attached hydrogens (tertiary/aromatic N) is 1. The Morgan fingerprint density at radius 1 is 1.24 bits per heavy atom. The molecule has 0 aliphatic carbocycles. The fourth-order valence-corrected chi connectivity index (χ4v) is 5.58. The van der Waals surface area contributed by atoms with Crippen LogP contribution in [0.3, 0.4) is 0 Å². The third-order valence-corrected chi connectivity index (χ3v) is 6.74. The van der Waals surface area contributed by atoms with E-state index >= 15 is 0 Å². The Morgan fingerprint density at radius 2 is 1.86 bits per heavy atom. The van der Waals surface area contributed by atoms with Crippen LogP contribution in [0.1, 0.15) is 44.3 Å². The van der Waals surface area contributed by atoms with Gasteiger partial charge in [0, 0.05) is 18.2 Å². The van der Waals surface area contributed by atoms with Gasteiger partial charge in [0.05, 0.1) is 6.61 Å². The van der Waals surface area contributed by atoms with Crippen LogP contribution in [0.25, 0.3) is 0 Å². The fourth-order valence-electron chi connectivity index (χ4n) is 3.33. The number of furan rings is 1. The third kappa shape index (κ3) is 2.76. The fraction of sp³-hybridized carbons (Fsp3) is 0.733. The van der Waals surface area contributed by atoms with Gasteiger partial charge in [0.15, 0.2) is 0 Å². The van der Waals surface area contributed by atoms with E-state index in [1.54, 1.807) is 18.2 Å². The van der Waals surface area contributed by atoms with Gasteiger partial charge in [0.2, 0.25) is 10.0 Å². The van der Waals surface area contributed by atoms with Gasteiger partial charge >= 0.3 is 0 Å². The van der Waals surface area contributed by atoms with E-state index in [1.807, 2.05) is 6.92 Å². The lowest BCUT2D eigenvalue weighted by Crippen LogP contribution is -2.48. The van der Waals surface area contributed by atoms with Gasteiger partial charge in [0.1, 0.15) is 16.4 Å². The van der Waals surface area contributed by atoms with Crippen molar-refractivity contribution in [3.8, 4) is 0 Å². The van der Waals surface area contributed by atoms with Crippen molar-refractivity contribution in [1.29, 1.82) is 0 Å². The molecule has 6 heteroatoms. The number of rotatable bonds is 3. The van der Waals surface area contributed by atoms with E-state index in [0.717, 1.165) is 6.42 Å². The summed E-state index contributed by atoms with van der Waals surface area (Å²) < 4.78 is 33.1. The minimum atomic E-state index is -3.65. The average Bonchev–Trinajstić information content (AvgIpc) is 2.68. The Bertz CT molecular complexity index is 620. The van der Waals surface area contributed by atoms with Crippen LogP contribution in [-0.4, -0.2) is 30.4 Å². The Morgan fingerprint density at radius 3 is 2.43 bits per heavy atom. The minimum Gasteiger partial charge on any atom is -0.465 e. The molecule has 3 unspecified atom stereocenters. The van der Waals surface area contributed by atoms with Crippen molar-refractivity contribution in [2.24, 2.45) is 11.8 Å². The molecule has 120 valence electrons. The lowest BCUT2D eigenvalue weighted by atomic mass is 9.88. The molecule has 1 N–H and O–H groups in total. The highest BCUT2D eigenvalue weighted by Crippen LogP contribution is 2.35. The summed E-state index contributed by atoms with van der Waals surface area (Å²) in [5.74, 6) is 1.47. The van der Waals surface area contributed by atoms with Gasteiger partial charge in [-0.2, -0.15) is 4.31 Å². The molecule has 3 atom stereocenters. The summed E-state index contributed by atoms with van der Waals surface area (Å²) in [5, 5.41) is 9.50. The summed E-state index contributed by atoms with van der Waals surface area (Å²) in [4.78, 5) is 0.149. The predicted molar refractivity (Wildman–Crippen MR) is 80.4 cm³/mol. The summed E-state index contributed by atoms with van der Waals surface area (Å²) in [7, 11) is -3.65. The molecule has 1 aromatic heterocycles. The predicted octanol–water partition coefficient (Wildman–Crippen LogP) is 2.44. The van der Waals surface area contributed by atoms with Crippen molar-refractivity contribution in [1.82, 2.24) is 4.31 Å². The van der Waals surface area contributed by atoms with Crippen LogP contribution < -0.4 is 0 Å². The number of aryl methyl sites for hydroxylation is 2. The molecule has 1 aliphatic heterocycles. The van der Waals surface area contributed by atoms with Crippen LogP contribution in [0.15, 0.2) is 9.31 Å². The Kier molecular flexibility index (Phi) is 4.52. The minimum absolute atomic E-state index is 0.0488. The van der Waals surface area contributed by atoms with Crippen molar-refractivity contribution in [2.75, 3.05) is 6.54 Å². The molecule has 1 fully saturated rings. The first kappa shape index (κ1) is 16.5. The van der Waals surface area contributed by atoms with Gasteiger partial charge in [0.25, 0.3) is 0 Å². The van der Waals surface area contributed by atoms with E-state index in [0.29, 0.717) is 35.5 Å². The van der Waals surface area contributed by atoms with E-state index in [4.69, 9.17) is 4.42 Å². The maximum Gasteiger partial charge on any atom is 0.247 e. The summed E-state index contributed by atoms with van der Waals surface area (Å²) in [6.07, 6.45) is 1.03. The smallest absolute Gasteiger partial charge is 0.247 e. The SMILES string of the molecule is Cc1oc(C)c(S(=O)(=O)N2CC(C)CC(C)C2C)c1CO. The van der Waals surface area contributed by atoms with E-state index in [9.17, 15) is 13.5 Å². The van der Waals surface area contributed by atoms with E-state index in [1.165, 1.54) is 0 Å². The molecule has 21 heavy (non-hydrogen) atoms. The number of aliphatic hydroxyl groups excluding tert-OH is 1. The normalized spacial score (nSPS) is 28.0. The highest BCUT2D eigenvalue weighted by atomic mass is 32.2. The van der Waals surface area contributed by atoms with Crippen LogP contribution in [0.5, 0.6) is 0 Å². The molecule has 2 heterocycles. The lowest BCUT2D eigenvalue weighted by Gasteiger charge is -2.40. The van der Waals surface area contributed by atoms with Gasteiger partial charge in [-0.3, -0.25) is 0 Å². The van der Waals surface area contributed by atoms with Gasteiger partial charge < -0.3 is 9.52 Å². The maximum atomic E-state index is 13.1. The first-order valence-corrected chi connectivity index (χ1v) is 8.85. The van der Waals surface area contributed by atoms with E-state index in [2.05, 4.69) is 13.8 Å². The van der Waals surface area contributed by atoms with Gasteiger partial charge in [-0.25, -0.2) is 8.42 Å². The summed E-state index contributed by atoms with van der Waals surface area (Å²) in [6, 6.07) is -0.0488. The Labute approximate surface area is 127 Å².